The second-order valence-corrected chi connectivity index (χ2v) is 6.42. The molecule has 1 aliphatic heterocycles. The maximum absolute atomic E-state index is 6.26. The van der Waals surface area contributed by atoms with Crippen molar-refractivity contribution >= 4 is 27.3 Å². The SMILES string of the molecule is CCC(CC)C1CNCC(c2cc(Br)cs2)O1. The standard InChI is InChI=1S/C13H20BrNOS/c1-3-9(4-2)11-6-15-7-12(16-11)13-5-10(14)8-17-13/h5,8-9,11-12,15H,3-4,6-7H2,1-2H3. The number of ether oxygens (including phenoxy) is 1. The van der Waals surface area contributed by atoms with Gasteiger partial charge in [0.25, 0.3) is 0 Å². The Kier molecular flexibility index (Phi) is 5.03. The van der Waals surface area contributed by atoms with E-state index in [0.717, 1.165) is 17.6 Å². The zero-order valence-electron chi connectivity index (χ0n) is 10.4. The van der Waals surface area contributed by atoms with Gasteiger partial charge >= 0.3 is 0 Å². The lowest BCUT2D eigenvalue weighted by Crippen LogP contribution is -2.43. The average Bonchev–Trinajstić information content (AvgIpc) is 2.78. The molecule has 2 nitrogen and oxygen atoms in total. The molecule has 0 bridgehead atoms. The van der Waals surface area contributed by atoms with Gasteiger partial charge in [0.2, 0.25) is 0 Å². The van der Waals surface area contributed by atoms with Crippen molar-refractivity contribution in [1.82, 2.24) is 5.32 Å². The molecule has 1 N–H and O–H groups in total. The van der Waals surface area contributed by atoms with Gasteiger partial charge in [-0.25, -0.2) is 0 Å². The molecule has 0 saturated carbocycles. The van der Waals surface area contributed by atoms with Gasteiger partial charge in [0.15, 0.2) is 0 Å². The van der Waals surface area contributed by atoms with E-state index in [1.165, 1.54) is 17.7 Å². The Morgan fingerprint density at radius 2 is 2.24 bits per heavy atom. The molecule has 96 valence electrons. The van der Waals surface area contributed by atoms with Crippen LogP contribution in [0.1, 0.15) is 37.7 Å². The Morgan fingerprint density at radius 3 is 2.82 bits per heavy atom. The van der Waals surface area contributed by atoms with E-state index in [4.69, 9.17) is 4.74 Å². The second kappa shape index (κ2) is 6.32. The fraction of sp³-hybridized carbons (Fsp3) is 0.692. The van der Waals surface area contributed by atoms with E-state index in [1.54, 1.807) is 11.3 Å². The number of rotatable bonds is 4. The summed E-state index contributed by atoms with van der Waals surface area (Å²) in [6.45, 7) is 6.44. The van der Waals surface area contributed by atoms with Crippen molar-refractivity contribution in [2.75, 3.05) is 13.1 Å². The second-order valence-electron chi connectivity index (χ2n) is 4.57. The van der Waals surface area contributed by atoms with Gasteiger partial charge in [-0.15, -0.1) is 11.3 Å². The minimum atomic E-state index is 0.227. The molecule has 4 heteroatoms. The first-order chi connectivity index (χ1) is 8.24. The molecule has 0 radical (unpaired) electrons. The molecule has 17 heavy (non-hydrogen) atoms. The van der Waals surface area contributed by atoms with E-state index >= 15 is 0 Å². The van der Waals surface area contributed by atoms with Crippen molar-refractivity contribution in [3.05, 3.63) is 20.8 Å². The maximum atomic E-state index is 6.26. The van der Waals surface area contributed by atoms with E-state index in [2.05, 4.69) is 46.5 Å². The van der Waals surface area contributed by atoms with Crippen LogP contribution < -0.4 is 5.32 Å². The normalized spacial score (nSPS) is 25.4. The first kappa shape index (κ1) is 13.5. The Hall–Kier alpha value is 0.1000. The van der Waals surface area contributed by atoms with Crippen molar-refractivity contribution in [2.45, 2.75) is 38.9 Å². The quantitative estimate of drug-likeness (QED) is 0.907. The molecule has 0 amide bonds. The Labute approximate surface area is 116 Å². The predicted molar refractivity (Wildman–Crippen MR) is 76.6 cm³/mol. The molecule has 1 aromatic heterocycles. The summed E-state index contributed by atoms with van der Waals surface area (Å²) in [7, 11) is 0. The zero-order valence-corrected chi connectivity index (χ0v) is 12.8. The van der Waals surface area contributed by atoms with E-state index in [-0.39, 0.29) is 6.10 Å². The third kappa shape index (κ3) is 3.31. The Balaban J connectivity index is 2.01. The van der Waals surface area contributed by atoms with Crippen molar-refractivity contribution in [3.63, 3.8) is 0 Å². The number of morpholine rings is 1. The van der Waals surface area contributed by atoms with Crippen LogP contribution in [-0.2, 0) is 4.74 Å². The van der Waals surface area contributed by atoms with Crippen molar-refractivity contribution < 1.29 is 4.74 Å². The maximum Gasteiger partial charge on any atom is 0.105 e. The van der Waals surface area contributed by atoms with Crippen molar-refractivity contribution in [3.8, 4) is 0 Å². The van der Waals surface area contributed by atoms with Crippen LogP contribution >= 0.6 is 27.3 Å². The molecule has 0 aromatic carbocycles. The van der Waals surface area contributed by atoms with Crippen LogP contribution in [0.25, 0.3) is 0 Å². The van der Waals surface area contributed by atoms with E-state index in [1.807, 2.05) is 0 Å². The van der Waals surface area contributed by atoms with Gasteiger partial charge in [-0.3, -0.25) is 0 Å². The van der Waals surface area contributed by atoms with E-state index in [0.29, 0.717) is 12.0 Å². The molecule has 1 aromatic rings. The molecule has 2 atom stereocenters. The summed E-state index contributed by atoms with van der Waals surface area (Å²) in [5.41, 5.74) is 0. The van der Waals surface area contributed by atoms with Gasteiger partial charge < -0.3 is 10.1 Å². The van der Waals surface area contributed by atoms with Crippen LogP contribution in [0.5, 0.6) is 0 Å². The highest BCUT2D eigenvalue weighted by Crippen LogP contribution is 2.32. The largest absolute Gasteiger partial charge is 0.367 e. The van der Waals surface area contributed by atoms with Gasteiger partial charge in [-0.05, 0) is 27.9 Å². The lowest BCUT2D eigenvalue weighted by atomic mass is 9.95. The van der Waals surface area contributed by atoms with Crippen molar-refractivity contribution in [1.29, 1.82) is 0 Å². The van der Waals surface area contributed by atoms with Gasteiger partial charge in [0, 0.05) is 27.8 Å². The fourth-order valence-electron chi connectivity index (χ4n) is 2.42. The highest BCUT2D eigenvalue weighted by atomic mass is 79.9. The van der Waals surface area contributed by atoms with Crippen LogP contribution in [0.15, 0.2) is 15.9 Å². The summed E-state index contributed by atoms with van der Waals surface area (Å²) in [6.07, 6.45) is 2.99. The molecule has 2 heterocycles. The highest BCUT2D eigenvalue weighted by molar-refractivity contribution is 9.10. The predicted octanol–water partition coefficient (Wildman–Crippen LogP) is 3.98. The number of thiophene rings is 1. The van der Waals surface area contributed by atoms with E-state index in [9.17, 15) is 0 Å². The van der Waals surface area contributed by atoms with E-state index < -0.39 is 0 Å². The van der Waals surface area contributed by atoms with Gasteiger partial charge in [0.1, 0.15) is 6.10 Å². The zero-order chi connectivity index (χ0) is 12.3. The molecular formula is C13H20BrNOS. The fourth-order valence-corrected chi connectivity index (χ4v) is 3.90. The third-order valence-corrected chi connectivity index (χ3v) is 5.28. The van der Waals surface area contributed by atoms with Crippen LogP contribution in [0, 0.1) is 5.92 Å². The third-order valence-electron chi connectivity index (χ3n) is 3.49. The highest BCUT2D eigenvalue weighted by Gasteiger charge is 2.28. The summed E-state index contributed by atoms with van der Waals surface area (Å²) in [5, 5.41) is 5.63. The Bertz CT molecular complexity index is 351. The minimum Gasteiger partial charge on any atom is -0.367 e. The van der Waals surface area contributed by atoms with Crippen molar-refractivity contribution in [2.24, 2.45) is 5.92 Å². The first-order valence-electron chi connectivity index (χ1n) is 6.34. The summed E-state index contributed by atoms with van der Waals surface area (Å²) >= 11 is 5.28. The lowest BCUT2D eigenvalue weighted by Gasteiger charge is -2.34. The molecule has 2 unspecified atom stereocenters. The summed E-state index contributed by atoms with van der Waals surface area (Å²) < 4.78 is 7.41. The monoisotopic (exact) mass is 317 g/mol. The Morgan fingerprint density at radius 1 is 1.47 bits per heavy atom. The summed E-state index contributed by atoms with van der Waals surface area (Å²) in [6, 6.07) is 2.17. The van der Waals surface area contributed by atoms with Gasteiger partial charge in [-0.2, -0.15) is 0 Å². The molecule has 0 spiro atoms. The smallest absolute Gasteiger partial charge is 0.105 e. The molecular weight excluding hydrogens is 298 g/mol. The topological polar surface area (TPSA) is 21.3 Å². The average molecular weight is 318 g/mol. The molecule has 1 aliphatic rings. The lowest BCUT2D eigenvalue weighted by molar-refractivity contribution is -0.0673. The number of hydrogen-bond acceptors (Lipinski definition) is 3. The molecule has 1 fully saturated rings. The van der Waals surface area contributed by atoms with Gasteiger partial charge in [-0.1, -0.05) is 26.7 Å². The van der Waals surface area contributed by atoms with Crippen LogP contribution in [-0.4, -0.2) is 19.2 Å². The summed E-state index contributed by atoms with van der Waals surface area (Å²) in [4.78, 5) is 1.32. The number of halogens is 1. The minimum absolute atomic E-state index is 0.227. The summed E-state index contributed by atoms with van der Waals surface area (Å²) in [5.74, 6) is 0.675. The molecule has 1 saturated heterocycles. The van der Waals surface area contributed by atoms with Crippen LogP contribution in [0.4, 0.5) is 0 Å². The van der Waals surface area contributed by atoms with Gasteiger partial charge in [0.05, 0.1) is 6.10 Å². The molecule has 0 aliphatic carbocycles. The van der Waals surface area contributed by atoms with Crippen LogP contribution in [0.3, 0.4) is 0 Å². The number of nitrogens with one attached hydrogen (secondary N) is 1. The molecule has 2 rings (SSSR count). The number of hydrogen-bond donors (Lipinski definition) is 1. The first-order valence-corrected chi connectivity index (χ1v) is 8.02. The van der Waals surface area contributed by atoms with Crippen LogP contribution in [0.2, 0.25) is 0 Å².